The Labute approximate surface area is 110 Å². The first-order valence-electron chi connectivity index (χ1n) is 7.06. The summed E-state index contributed by atoms with van der Waals surface area (Å²) >= 11 is 0. The number of hydrogen-bond donors (Lipinski definition) is 0. The van der Waals surface area contributed by atoms with Crippen molar-refractivity contribution in [3.05, 3.63) is 60.2 Å². The third-order valence-electron chi connectivity index (χ3n) is 4.13. The van der Waals surface area contributed by atoms with Gasteiger partial charge in [-0.25, -0.2) is 0 Å². The summed E-state index contributed by atoms with van der Waals surface area (Å²) in [5.74, 6) is 1.01. The number of hydrogen-bond acceptors (Lipinski definition) is 0. The molecule has 0 spiro atoms. The van der Waals surface area contributed by atoms with E-state index in [0.29, 0.717) is 0 Å². The topological polar surface area (TPSA) is 0 Å². The summed E-state index contributed by atoms with van der Waals surface area (Å²) in [6.07, 6.45) is 7.01. The molecule has 0 N–H and O–H groups in total. The molecule has 2 aromatic rings. The molecule has 0 saturated heterocycles. The molecule has 0 nitrogen and oxygen atoms in total. The first-order valence-corrected chi connectivity index (χ1v) is 7.06. The van der Waals surface area contributed by atoms with Gasteiger partial charge in [-0.15, -0.1) is 0 Å². The van der Waals surface area contributed by atoms with Crippen LogP contribution in [0.3, 0.4) is 0 Å². The van der Waals surface area contributed by atoms with Gasteiger partial charge >= 0.3 is 0 Å². The van der Waals surface area contributed by atoms with Crippen LogP contribution >= 0.6 is 0 Å². The van der Waals surface area contributed by atoms with Crippen molar-refractivity contribution in [3.63, 3.8) is 0 Å². The van der Waals surface area contributed by atoms with Crippen LogP contribution in [0, 0.1) is 5.92 Å². The Morgan fingerprint density at radius 1 is 0.778 bits per heavy atom. The monoisotopic (exact) mass is 236 g/mol. The molecule has 3 rings (SSSR count). The second-order valence-electron chi connectivity index (χ2n) is 5.40. The summed E-state index contributed by atoms with van der Waals surface area (Å²) in [7, 11) is 0. The lowest BCUT2D eigenvalue weighted by molar-refractivity contribution is 0.296. The van der Waals surface area contributed by atoms with Crippen LogP contribution in [0.2, 0.25) is 0 Å². The van der Waals surface area contributed by atoms with Gasteiger partial charge in [-0.05, 0) is 35.4 Å². The third kappa shape index (κ3) is 2.64. The summed E-state index contributed by atoms with van der Waals surface area (Å²) in [5, 5.41) is 0. The van der Waals surface area contributed by atoms with Gasteiger partial charge in [-0.2, -0.15) is 0 Å². The lowest BCUT2D eigenvalue weighted by Crippen LogP contribution is -2.11. The van der Waals surface area contributed by atoms with Crippen LogP contribution in [0.15, 0.2) is 54.6 Å². The highest BCUT2D eigenvalue weighted by Crippen LogP contribution is 2.30. The molecule has 1 aliphatic rings. The molecule has 0 atom stereocenters. The van der Waals surface area contributed by atoms with Crippen LogP contribution < -0.4 is 0 Å². The fourth-order valence-corrected chi connectivity index (χ4v) is 2.65. The molecule has 0 aliphatic heterocycles. The predicted molar refractivity (Wildman–Crippen MR) is 77.5 cm³/mol. The minimum Gasteiger partial charge on any atom is -0.0622 e. The maximum absolute atomic E-state index is 2.29. The zero-order chi connectivity index (χ0) is 12.2. The molecule has 0 radical (unpaired) electrons. The van der Waals surface area contributed by atoms with E-state index in [9.17, 15) is 0 Å². The second kappa shape index (κ2) is 5.39. The Morgan fingerprint density at radius 2 is 1.44 bits per heavy atom. The van der Waals surface area contributed by atoms with Gasteiger partial charge < -0.3 is 0 Å². The molecule has 0 unspecified atom stereocenters. The van der Waals surface area contributed by atoms with E-state index in [4.69, 9.17) is 0 Å². The van der Waals surface area contributed by atoms with E-state index in [1.807, 2.05) is 0 Å². The summed E-state index contributed by atoms with van der Waals surface area (Å²) in [6.45, 7) is 0. The van der Waals surface area contributed by atoms with E-state index in [-0.39, 0.29) is 0 Å². The van der Waals surface area contributed by atoms with Crippen LogP contribution in [0.1, 0.15) is 31.2 Å². The normalized spacial score (nSPS) is 15.3. The molecule has 0 bridgehead atoms. The Kier molecular flexibility index (Phi) is 3.45. The van der Waals surface area contributed by atoms with E-state index in [0.717, 1.165) is 5.92 Å². The van der Waals surface area contributed by atoms with E-state index in [1.165, 1.54) is 48.8 Å². The highest BCUT2D eigenvalue weighted by Gasteiger charge is 2.16. The predicted octanol–water partition coefficient (Wildman–Crippen LogP) is 5.09. The smallest absolute Gasteiger partial charge is 0.0184 e. The molecular weight excluding hydrogens is 216 g/mol. The van der Waals surface area contributed by atoms with Gasteiger partial charge in [0.05, 0.1) is 0 Å². The van der Waals surface area contributed by atoms with E-state index >= 15 is 0 Å². The van der Waals surface area contributed by atoms with Crippen LogP contribution in [0.4, 0.5) is 0 Å². The number of aryl methyl sites for hydroxylation is 1. The van der Waals surface area contributed by atoms with Crippen LogP contribution in [-0.2, 0) is 6.42 Å². The lowest BCUT2D eigenvalue weighted by Gasteiger charge is -2.25. The highest BCUT2D eigenvalue weighted by molar-refractivity contribution is 5.63. The minimum absolute atomic E-state index is 1.01. The van der Waals surface area contributed by atoms with E-state index in [1.54, 1.807) is 0 Å². The van der Waals surface area contributed by atoms with Crippen molar-refractivity contribution in [2.45, 2.75) is 32.1 Å². The Morgan fingerprint density at radius 3 is 2.06 bits per heavy atom. The van der Waals surface area contributed by atoms with E-state index in [2.05, 4.69) is 54.6 Å². The summed E-state index contributed by atoms with van der Waals surface area (Å²) < 4.78 is 0. The molecule has 0 heterocycles. The van der Waals surface area contributed by atoms with Crippen molar-refractivity contribution in [2.75, 3.05) is 0 Å². The van der Waals surface area contributed by atoms with Gasteiger partial charge in [0, 0.05) is 0 Å². The quantitative estimate of drug-likeness (QED) is 0.694. The SMILES string of the molecule is c1ccc(-c2ccc(CCC3CCC3)cc2)cc1. The van der Waals surface area contributed by atoms with Crippen molar-refractivity contribution in [2.24, 2.45) is 5.92 Å². The van der Waals surface area contributed by atoms with Gasteiger partial charge in [0.1, 0.15) is 0 Å². The summed E-state index contributed by atoms with van der Waals surface area (Å²) in [4.78, 5) is 0. The van der Waals surface area contributed by atoms with Crippen molar-refractivity contribution in [3.8, 4) is 11.1 Å². The molecule has 0 amide bonds. The fourth-order valence-electron chi connectivity index (χ4n) is 2.65. The highest BCUT2D eigenvalue weighted by atomic mass is 14.2. The maximum atomic E-state index is 2.29. The largest absolute Gasteiger partial charge is 0.0622 e. The van der Waals surface area contributed by atoms with Crippen molar-refractivity contribution in [1.82, 2.24) is 0 Å². The third-order valence-corrected chi connectivity index (χ3v) is 4.13. The Bertz CT molecular complexity index is 477. The van der Waals surface area contributed by atoms with E-state index < -0.39 is 0 Å². The van der Waals surface area contributed by atoms with Gasteiger partial charge in [0.15, 0.2) is 0 Å². The average Bonchev–Trinajstić information content (AvgIpc) is 2.39. The molecule has 0 heteroatoms. The molecule has 1 fully saturated rings. The standard InChI is InChI=1S/C18H20/c1-2-7-17(8-3-1)18-13-11-16(12-14-18)10-9-15-5-4-6-15/h1-3,7-8,11-15H,4-6,9-10H2. The number of rotatable bonds is 4. The fraction of sp³-hybridized carbons (Fsp3) is 0.333. The van der Waals surface area contributed by atoms with Crippen molar-refractivity contribution < 1.29 is 0 Å². The molecule has 92 valence electrons. The lowest BCUT2D eigenvalue weighted by atomic mass is 9.81. The Balaban J connectivity index is 1.65. The minimum atomic E-state index is 1.01. The van der Waals surface area contributed by atoms with Crippen LogP contribution in [0.25, 0.3) is 11.1 Å². The average molecular weight is 236 g/mol. The van der Waals surface area contributed by atoms with Gasteiger partial charge in [0.2, 0.25) is 0 Å². The van der Waals surface area contributed by atoms with Crippen LogP contribution in [-0.4, -0.2) is 0 Å². The molecule has 18 heavy (non-hydrogen) atoms. The molecule has 0 aromatic heterocycles. The molecule has 1 saturated carbocycles. The maximum Gasteiger partial charge on any atom is -0.0184 e. The van der Waals surface area contributed by atoms with Gasteiger partial charge in [-0.1, -0.05) is 73.9 Å². The molecule has 1 aliphatic carbocycles. The Hall–Kier alpha value is -1.56. The van der Waals surface area contributed by atoms with Gasteiger partial charge in [0.25, 0.3) is 0 Å². The molecule has 2 aromatic carbocycles. The van der Waals surface area contributed by atoms with Crippen molar-refractivity contribution >= 4 is 0 Å². The van der Waals surface area contributed by atoms with Gasteiger partial charge in [-0.3, -0.25) is 0 Å². The first-order chi connectivity index (χ1) is 8.92. The van der Waals surface area contributed by atoms with Crippen molar-refractivity contribution in [1.29, 1.82) is 0 Å². The zero-order valence-corrected chi connectivity index (χ0v) is 10.8. The summed E-state index contributed by atoms with van der Waals surface area (Å²) in [6, 6.07) is 19.7. The second-order valence-corrected chi connectivity index (χ2v) is 5.40. The summed E-state index contributed by atoms with van der Waals surface area (Å²) in [5.41, 5.74) is 4.12. The first kappa shape index (κ1) is 11.5. The van der Waals surface area contributed by atoms with Crippen LogP contribution in [0.5, 0.6) is 0 Å². The zero-order valence-electron chi connectivity index (χ0n) is 10.8. The number of benzene rings is 2. The molecular formula is C18H20.